The lowest BCUT2D eigenvalue weighted by atomic mass is 10.4. The fourth-order valence-electron chi connectivity index (χ4n) is 1.41. The molecule has 1 aromatic heterocycles. The molecule has 6 heteroatoms. The molecule has 0 saturated carbocycles. The third kappa shape index (κ3) is 5.67. The molecule has 0 atom stereocenters. The lowest BCUT2D eigenvalue weighted by Gasteiger charge is -2.10. The zero-order valence-electron chi connectivity index (χ0n) is 11.5. The highest BCUT2D eigenvalue weighted by Crippen LogP contribution is 2.03. The van der Waals surface area contributed by atoms with Crippen molar-refractivity contribution in [3.8, 4) is 0 Å². The van der Waals surface area contributed by atoms with E-state index in [1.807, 2.05) is 13.8 Å². The summed E-state index contributed by atoms with van der Waals surface area (Å²) in [5, 5.41) is 2.68. The van der Waals surface area contributed by atoms with Gasteiger partial charge in [0.15, 0.2) is 0 Å². The van der Waals surface area contributed by atoms with E-state index in [0.29, 0.717) is 18.8 Å². The smallest absolute Gasteiger partial charge is 0.250 e. The number of methoxy groups -OCH3 is 1. The number of aromatic nitrogens is 1. The number of carbonyl (C=O) groups is 1. The number of rotatable bonds is 7. The zero-order chi connectivity index (χ0) is 14.3. The minimum Gasteiger partial charge on any atom is -0.383 e. The minimum atomic E-state index is -0.245. The summed E-state index contributed by atoms with van der Waals surface area (Å²) in [5.74, 6) is -0.245. The standard InChI is InChI=1S/C13H20N2O4/c1-10(2)19-9-12(16)14-11-4-5-13(17)15(8-11)6-7-18-3/h4-5,8,10H,6-7,9H2,1-3H3,(H,14,16). The molecule has 0 aromatic carbocycles. The largest absolute Gasteiger partial charge is 0.383 e. The Balaban J connectivity index is 2.63. The average molecular weight is 268 g/mol. The van der Waals surface area contributed by atoms with E-state index in [1.165, 1.54) is 10.6 Å². The fourth-order valence-corrected chi connectivity index (χ4v) is 1.41. The Hall–Kier alpha value is -1.66. The lowest BCUT2D eigenvalue weighted by molar-refractivity contribution is -0.121. The van der Waals surface area contributed by atoms with Crippen molar-refractivity contribution in [2.75, 3.05) is 25.6 Å². The highest BCUT2D eigenvalue weighted by Gasteiger charge is 2.05. The maximum Gasteiger partial charge on any atom is 0.250 e. The van der Waals surface area contributed by atoms with E-state index in [4.69, 9.17) is 9.47 Å². The predicted molar refractivity (Wildman–Crippen MR) is 72.3 cm³/mol. The average Bonchev–Trinajstić information content (AvgIpc) is 2.37. The number of hydrogen-bond acceptors (Lipinski definition) is 4. The van der Waals surface area contributed by atoms with Crippen LogP contribution in [0.3, 0.4) is 0 Å². The number of nitrogens with zero attached hydrogens (tertiary/aromatic N) is 1. The number of nitrogens with one attached hydrogen (secondary N) is 1. The van der Waals surface area contributed by atoms with Crippen molar-refractivity contribution in [3.63, 3.8) is 0 Å². The van der Waals surface area contributed by atoms with Gasteiger partial charge in [0, 0.05) is 25.9 Å². The van der Waals surface area contributed by atoms with Gasteiger partial charge in [-0.3, -0.25) is 9.59 Å². The highest BCUT2D eigenvalue weighted by atomic mass is 16.5. The molecule has 1 amide bonds. The van der Waals surface area contributed by atoms with Crippen LogP contribution in [0.2, 0.25) is 0 Å². The van der Waals surface area contributed by atoms with E-state index in [-0.39, 0.29) is 24.2 Å². The molecule has 0 fully saturated rings. The van der Waals surface area contributed by atoms with Crippen molar-refractivity contribution in [2.24, 2.45) is 0 Å². The highest BCUT2D eigenvalue weighted by molar-refractivity contribution is 5.91. The van der Waals surface area contributed by atoms with Crippen LogP contribution in [0.5, 0.6) is 0 Å². The summed E-state index contributed by atoms with van der Waals surface area (Å²) < 4.78 is 11.6. The van der Waals surface area contributed by atoms with Gasteiger partial charge < -0.3 is 19.4 Å². The van der Waals surface area contributed by atoms with E-state index >= 15 is 0 Å². The van der Waals surface area contributed by atoms with E-state index < -0.39 is 0 Å². The molecule has 0 saturated heterocycles. The first-order valence-electron chi connectivity index (χ1n) is 6.14. The first-order valence-corrected chi connectivity index (χ1v) is 6.14. The molecule has 106 valence electrons. The number of carbonyl (C=O) groups excluding carboxylic acids is 1. The van der Waals surface area contributed by atoms with E-state index in [9.17, 15) is 9.59 Å². The second-order valence-corrected chi connectivity index (χ2v) is 4.35. The maximum absolute atomic E-state index is 11.6. The van der Waals surface area contributed by atoms with Gasteiger partial charge in [0.1, 0.15) is 6.61 Å². The molecule has 0 bridgehead atoms. The maximum atomic E-state index is 11.6. The summed E-state index contributed by atoms with van der Waals surface area (Å²) in [4.78, 5) is 23.1. The van der Waals surface area contributed by atoms with Crippen LogP contribution in [0.4, 0.5) is 5.69 Å². The Bertz CT molecular complexity index is 468. The van der Waals surface area contributed by atoms with Gasteiger partial charge in [0.25, 0.3) is 5.56 Å². The van der Waals surface area contributed by atoms with Crippen molar-refractivity contribution in [1.82, 2.24) is 4.57 Å². The predicted octanol–water partition coefficient (Wildman–Crippen LogP) is 0.858. The Morgan fingerprint density at radius 2 is 2.16 bits per heavy atom. The Morgan fingerprint density at radius 3 is 2.79 bits per heavy atom. The van der Waals surface area contributed by atoms with Crippen LogP contribution in [-0.2, 0) is 20.8 Å². The van der Waals surface area contributed by atoms with Crippen LogP contribution in [-0.4, -0.2) is 36.9 Å². The Kier molecular flexibility index (Phi) is 6.24. The van der Waals surface area contributed by atoms with Gasteiger partial charge in [-0.05, 0) is 19.9 Å². The molecule has 1 aromatic rings. The topological polar surface area (TPSA) is 69.6 Å². The molecule has 1 N–H and O–H groups in total. The van der Waals surface area contributed by atoms with Crippen molar-refractivity contribution in [3.05, 3.63) is 28.7 Å². The van der Waals surface area contributed by atoms with E-state index in [0.717, 1.165) is 0 Å². The first-order chi connectivity index (χ1) is 9.02. The van der Waals surface area contributed by atoms with Crippen molar-refractivity contribution >= 4 is 11.6 Å². The molecule has 0 aliphatic rings. The van der Waals surface area contributed by atoms with Gasteiger partial charge in [-0.1, -0.05) is 0 Å². The normalized spacial score (nSPS) is 10.7. The van der Waals surface area contributed by atoms with Crippen LogP contribution >= 0.6 is 0 Å². The van der Waals surface area contributed by atoms with Crippen molar-refractivity contribution < 1.29 is 14.3 Å². The van der Waals surface area contributed by atoms with Crippen LogP contribution in [0.1, 0.15) is 13.8 Å². The van der Waals surface area contributed by atoms with E-state index in [2.05, 4.69) is 5.32 Å². The molecule has 0 spiro atoms. The number of anilines is 1. The summed E-state index contributed by atoms with van der Waals surface area (Å²) >= 11 is 0. The van der Waals surface area contributed by atoms with Gasteiger partial charge in [-0.25, -0.2) is 0 Å². The molecule has 0 unspecified atom stereocenters. The number of pyridine rings is 1. The summed E-state index contributed by atoms with van der Waals surface area (Å²) in [6.45, 7) is 4.60. The van der Waals surface area contributed by atoms with Gasteiger partial charge in [-0.2, -0.15) is 0 Å². The monoisotopic (exact) mass is 268 g/mol. The Labute approximate surface area is 112 Å². The van der Waals surface area contributed by atoms with Crippen LogP contribution in [0.25, 0.3) is 0 Å². The SMILES string of the molecule is COCCn1cc(NC(=O)COC(C)C)ccc1=O. The second-order valence-electron chi connectivity index (χ2n) is 4.35. The van der Waals surface area contributed by atoms with Crippen molar-refractivity contribution in [2.45, 2.75) is 26.5 Å². The zero-order valence-corrected chi connectivity index (χ0v) is 11.5. The minimum absolute atomic E-state index is 0.00130. The van der Waals surface area contributed by atoms with Gasteiger partial charge in [0.2, 0.25) is 5.91 Å². The van der Waals surface area contributed by atoms with Crippen LogP contribution < -0.4 is 10.9 Å². The molecular formula is C13H20N2O4. The van der Waals surface area contributed by atoms with Gasteiger partial charge in [0.05, 0.1) is 18.4 Å². The molecule has 1 heterocycles. The van der Waals surface area contributed by atoms with Crippen LogP contribution in [0, 0.1) is 0 Å². The summed E-state index contributed by atoms with van der Waals surface area (Å²) in [6, 6.07) is 2.98. The fraction of sp³-hybridized carbons (Fsp3) is 0.538. The molecule has 19 heavy (non-hydrogen) atoms. The molecule has 0 aliphatic heterocycles. The van der Waals surface area contributed by atoms with E-state index in [1.54, 1.807) is 19.4 Å². The summed E-state index contributed by atoms with van der Waals surface area (Å²) in [5.41, 5.74) is 0.432. The van der Waals surface area contributed by atoms with Gasteiger partial charge in [-0.15, -0.1) is 0 Å². The molecule has 1 rings (SSSR count). The summed E-state index contributed by atoms with van der Waals surface area (Å²) in [7, 11) is 1.57. The lowest BCUT2D eigenvalue weighted by Crippen LogP contribution is -2.24. The first kappa shape index (κ1) is 15.4. The Morgan fingerprint density at radius 1 is 1.42 bits per heavy atom. The number of ether oxygens (including phenoxy) is 2. The van der Waals surface area contributed by atoms with Crippen molar-refractivity contribution in [1.29, 1.82) is 0 Å². The third-order valence-electron chi connectivity index (χ3n) is 2.35. The second kappa shape index (κ2) is 7.70. The molecule has 6 nitrogen and oxygen atoms in total. The summed E-state index contributed by atoms with van der Waals surface area (Å²) in [6.07, 6.45) is 1.59. The van der Waals surface area contributed by atoms with Crippen LogP contribution in [0.15, 0.2) is 23.1 Å². The number of hydrogen-bond donors (Lipinski definition) is 1. The third-order valence-corrected chi connectivity index (χ3v) is 2.35. The molecule has 0 aliphatic carbocycles. The molecular weight excluding hydrogens is 248 g/mol. The quantitative estimate of drug-likeness (QED) is 0.796. The molecule has 0 radical (unpaired) electrons. The van der Waals surface area contributed by atoms with Gasteiger partial charge >= 0.3 is 0 Å². The number of amides is 1.